The molecule has 2 aliphatic heterocycles. The van der Waals surface area contributed by atoms with E-state index >= 15 is 0 Å². The lowest BCUT2D eigenvalue weighted by Gasteiger charge is -2.36. The lowest BCUT2D eigenvalue weighted by molar-refractivity contribution is 0.0382. The number of aromatic amines is 1. The predicted octanol–water partition coefficient (Wildman–Crippen LogP) is 2.89. The number of piperidine rings is 1. The Morgan fingerprint density at radius 1 is 1.11 bits per heavy atom. The van der Waals surface area contributed by atoms with Crippen LogP contribution in [0.3, 0.4) is 0 Å². The Labute approximate surface area is 156 Å². The highest BCUT2D eigenvalue weighted by Crippen LogP contribution is 2.37. The second kappa shape index (κ2) is 6.32. The zero-order chi connectivity index (χ0) is 18.4. The summed E-state index contributed by atoms with van der Waals surface area (Å²) in [6.45, 7) is 1.17. The van der Waals surface area contributed by atoms with Gasteiger partial charge in [0, 0.05) is 41.7 Å². The molecule has 2 N–H and O–H groups in total. The number of nitrogens with one attached hydrogen (secondary N) is 1. The van der Waals surface area contributed by atoms with E-state index in [2.05, 4.69) is 4.98 Å². The first-order chi connectivity index (χ1) is 13.2. The van der Waals surface area contributed by atoms with Crippen LogP contribution in [0.25, 0.3) is 10.9 Å². The molecule has 138 valence electrons. The normalized spacial score (nSPS) is 21.6. The number of ether oxygens (including phenoxy) is 2. The number of likely N-dealkylation sites (tertiary alicyclic amines) is 1. The van der Waals surface area contributed by atoms with Crippen LogP contribution < -0.4 is 9.47 Å². The van der Waals surface area contributed by atoms with Crippen LogP contribution in [0.1, 0.15) is 28.3 Å². The Bertz CT molecular complexity index is 1010. The molecule has 1 saturated heterocycles. The Morgan fingerprint density at radius 3 is 2.89 bits per heavy atom. The highest BCUT2D eigenvalue weighted by molar-refractivity contribution is 5.98. The topological polar surface area (TPSA) is 74.8 Å². The zero-order valence-electron chi connectivity index (χ0n) is 14.7. The lowest BCUT2D eigenvalue weighted by Crippen LogP contribution is -2.45. The number of aliphatic hydroxyl groups is 1. The van der Waals surface area contributed by atoms with Crippen molar-refractivity contribution in [3.05, 3.63) is 59.8 Å². The van der Waals surface area contributed by atoms with E-state index in [0.29, 0.717) is 25.1 Å². The first-order valence-electron chi connectivity index (χ1n) is 9.13. The summed E-state index contributed by atoms with van der Waals surface area (Å²) < 4.78 is 10.8. The molecule has 1 amide bonds. The van der Waals surface area contributed by atoms with Gasteiger partial charge >= 0.3 is 0 Å². The minimum absolute atomic E-state index is 0.0179. The molecule has 27 heavy (non-hydrogen) atoms. The predicted molar refractivity (Wildman–Crippen MR) is 100 cm³/mol. The fourth-order valence-electron chi connectivity index (χ4n) is 4.02. The van der Waals surface area contributed by atoms with Gasteiger partial charge in [0.05, 0.1) is 6.10 Å². The number of β-amino-alcohol motifs (C(OH)–C–C–N with tert-alkyl or cyclic N) is 1. The Hall–Kier alpha value is -2.99. The maximum atomic E-state index is 12.9. The number of aliphatic hydroxyl groups excluding tert-OH is 1. The standard InChI is InChI=1S/C21H20N2O4/c24-18-11-23(21(25)15-1-3-17-14(9-15)5-7-22-17)8-6-16(18)13-2-4-19-20(10-13)27-12-26-19/h1-5,7,9-10,16,18,22,24H,6,8,11-12H2. The number of amides is 1. The first-order valence-corrected chi connectivity index (χ1v) is 9.13. The molecule has 0 radical (unpaired) electrons. The van der Waals surface area contributed by atoms with Crippen molar-refractivity contribution >= 4 is 16.8 Å². The molecule has 3 aromatic rings. The maximum absolute atomic E-state index is 12.9. The number of fused-ring (bicyclic) bond motifs is 2. The van der Waals surface area contributed by atoms with E-state index < -0.39 is 6.10 Å². The Kier molecular flexibility index (Phi) is 3.79. The molecule has 2 aliphatic rings. The fourth-order valence-corrected chi connectivity index (χ4v) is 4.02. The third-order valence-electron chi connectivity index (χ3n) is 5.49. The molecular weight excluding hydrogens is 344 g/mol. The number of rotatable bonds is 2. The molecule has 1 aromatic heterocycles. The van der Waals surface area contributed by atoms with Crippen molar-refractivity contribution in [3.63, 3.8) is 0 Å². The van der Waals surface area contributed by atoms with Crippen LogP contribution in [0.15, 0.2) is 48.7 Å². The van der Waals surface area contributed by atoms with Crippen LogP contribution in [0.4, 0.5) is 0 Å². The van der Waals surface area contributed by atoms with Crippen molar-refractivity contribution in [2.24, 2.45) is 0 Å². The summed E-state index contributed by atoms with van der Waals surface area (Å²) in [5, 5.41) is 11.7. The van der Waals surface area contributed by atoms with Gasteiger partial charge in [-0.15, -0.1) is 0 Å². The molecular formula is C21H20N2O4. The molecule has 2 unspecified atom stereocenters. The third kappa shape index (κ3) is 2.82. The highest BCUT2D eigenvalue weighted by atomic mass is 16.7. The molecule has 1 fully saturated rings. The van der Waals surface area contributed by atoms with Crippen molar-refractivity contribution < 1.29 is 19.4 Å². The third-order valence-corrected chi connectivity index (χ3v) is 5.49. The first kappa shape index (κ1) is 16.2. The minimum atomic E-state index is -0.612. The number of carbonyl (C=O) groups excluding carboxylic acids is 1. The van der Waals surface area contributed by atoms with Crippen LogP contribution >= 0.6 is 0 Å². The second-order valence-electron chi connectivity index (χ2n) is 7.11. The largest absolute Gasteiger partial charge is 0.454 e. The van der Waals surface area contributed by atoms with Gasteiger partial charge in [0.15, 0.2) is 11.5 Å². The zero-order valence-corrected chi connectivity index (χ0v) is 14.7. The van der Waals surface area contributed by atoms with E-state index in [-0.39, 0.29) is 18.6 Å². The maximum Gasteiger partial charge on any atom is 0.253 e. The highest BCUT2D eigenvalue weighted by Gasteiger charge is 2.32. The number of benzene rings is 2. The smallest absolute Gasteiger partial charge is 0.253 e. The van der Waals surface area contributed by atoms with Crippen molar-refractivity contribution in [3.8, 4) is 11.5 Å². The Morgan fingerprint density at radius 2 is 2.00 bits per heavy atom. The summed E-state index contributed by atoms with van der Waals surface area (Å²) >= 11 is 0. The van der Waals surface area contributed by atoms with Gasteiger partial charge < -0.3 is 24.5 Å². The van der Waals surface area contributed by atoms with Gasteiger partial charge in [-0.05, 0) is 48.4 Å². The minimum Gasteiger partial charge on any atom is -0.454 e. The van der Waals surface area contributed by atoms with Crippen LogP contribution in [-0.4, -0.2) is 46.9 Å². The Balaban J connectivity index is 1.32. The van der Waals surface area contributed by atoms with Gasteiger partial charge in [0.2, 0.25) is 6.79 Å². The summed E-state index contributed by atoms with van der Waals surface area (Å²) in [4.78, 5) is 17.7. The van der Waals surface area contributed by atoms with Crippen LogP contribution in [0, 0.1) is 0 Å². The van der Waals surface area contributed by atoms with Crippen molar-refractivity contribution in [2.75, 3.05) is 19.9 Å². The number of aromatic nitrogens is 1. The summed E-state index contributed by atoms with van der Waals surface area (Å²) in [6, 6.07) is 13.4. The van der Waals surface area contributed by atoms with E-state index in [1.807, 2.05) is 48.7 Å². The summed E-state index contributed by atoms with van der Waals surface area (Å²) in [5.41, 5.74) is 2.68. The van der Waals surface area contributed by atoms with Crippen LogP contribution in [0.2, 0.25) is 0 Å². The molecule has 0 saturated carbocycles. The molecule has 5 rings (SSSR count). The molecule has 6 heteroatoms. The average Bonchev–Trinajstić information content (AvgIpc) is 3.35. The molecule has 0 spiro atoms. The molecule has 2 aromatic carbocycles. The van der Waals surface area contributed by atoms with E-state index in [9.17, 15) is 9.90 Å². The quantitative estimate of drug-likeness (QED) is 0.733. The van der Waals surface area contributed by atoms with Crippen molar-refractivity contribution in [2.45, 2.75) is 18.4 Å². The molecule has 3 heterocycles. The SMILES string of the molecule is O=C(c1ccc2[nH]ccc2c1)N1CCC(c2ccc3c(c2)OCO3)C(O)C1. The summed E-state index contributed by atoms with van der Waals surface area (Å²) in [5.74, 6) is 1.40. The van der Waals surface area contributed by atoms with E-state index in [1.165, 1.54) is 0 Å². The summed E-state index contributed by atoms with van der Waals surface area (Å²) in [6.07, 6.45) is 1.96. The van der Waals surface area contributed by atoms with Gasteiger partial charge in [-0.25, -0.2) is 0 Å². The number of nitrogens with zero attached hydrogens (tertiary/aromatic N) is 1. The van der Waals surface area contributed by atoms with E-state index in [4.69, 9.17) is 9.47 Å². The molecule has 0 bridgehead atoms. The average molecular weight is 364 g/mol. The molecule has 2 atom stereocenters. The number of hydrogen-bond acceptors (Lipinski definition) is 4. The van der Waals surface area contributed by atoms with Gasteiger partial charge in [0.1, 0.15) is 0 Å². The molecule has 6 nitrogen and oxygen atoms in total. The van der Waals surface area contributed by atoms with Crippen LogP contribution in [-0.2, 0) is 0 Å². The fraction of sp³-hybridized carbons (Fsp3) is 0.286. The second-order valence-corrected chi connectivity index (χ2v) is 7.11. The van der Waals surface area contributed by atoms with Crippen molar-refractivity contribution in [1.82, 2.24) is 9.88 Å². The summed E-state index contributed by atoms with van der Waals surface area (Å²) in [7, 11) is 0. The lowest BCUT2D eigenvalue weighted by atomic mass is 9.86. The number of H-pyrrole nitrogens is 1. The van der Waals surface area contributed by atoms with E-state index in [0.717, 1.165) is 28.0 Å². The van der Waals surface area contributed by atoms with E-state index in [1.54, 1.807) is 4.90 Å². The van der Waals surface area contributed by atoms with Gasteiger partial charge in [-0.2, -0.15) is 0 Å². The van der Waals surface area contributed by atoms with Gasteiger partial charge in [-0.1, -0.05) is 6.07 Å². The monoisotopic (exact) mass is 364 g/mol. The number of hydrogen-bond donors (Lipinski definition) is 2. The van der Waals surface area contributed by atoms with Gasteiger partial charge in [-0.3, -0.25) is 4.79 Å². The van der Waals surface area contributed by atoms with Crippen LogP contribution in [0.5, 0.6) is 11.5 Å². The van der Waals surface area contributed by atoms with Gasteiger partial charge in [0.25, 0.3) is 5.91 Å². The number of carbonyl (C=O) groups is 1. The molecule has 0 aliphatic carbocycles. The van der Waals surface area contributed by atoms with Crippen molar-refractivity contribution in [1.29, 1.82) is 0 Å².